The molecule has 0 aliphatic carbocycles. The molecule has 0 bridgehead atoms. The minimum absolute atomic E-state index is 0.812. The molecule has 0 N–H and O–H groups in total. The van der Waals surface area contributed by atoms with Crippen LogP contribution in [-0.2, 0) is 6.42 Å². The molecule has 1 heterocycles. The van der Waals surface area contributed by atoms with E-state index in [4.69, 9.17) is 0 Å². The van der Waals surface area contributed by atoms with E-state index in [1.54, 1.807) is 0 Å². The van der Waals surface area contributed by atoms with Gasteiger partial charge in [-0.1, -0.05) is 26.0 Å². The van der Waals surface area contributed by atoms with Crippen molar-refractivity contribution in [3.8, 4) is 0 Å². The van der Waals surface area contributed by atoms with Gasteiger partial charge in [0.25, 0.3) is 0 Å². The van der Waals surface area contributed by atoms with Gasteiger partial charge < -0.3 is 4.90 Å². The summed E-state index contributed by atoms with van der Waals surface area (Å²) in [5.74, 6) is 2.05. The largest absolute Gasteiger partial charge is 0.303 e. The maximum atomic E-state index is 2.61. The van der Waals surface area contributed by atoms with Gasteiger partial charge in [-0.2, -0.15) is 0 Å². The van der Waals surface area contributed by atoms with Gasteiger partial charge in [0.15, 0.2) is 0 Å². The Labute approximate surface area is 129 Å². The van der Waals surface area contributed by atoms with Crippen molar-refractivity contribution in [3.63, 3.8) is 0 Å². The normalized spacial score (nSPS) is 16.1. The number of hydrogen-bond acceptors (Lipinski definition) is 2. The quantitative estimate of drug-likeness (QED) is 0.630. The number of thioether (sulfide) groups is 1. The molecule has 1 aromatic carbocycles. The summed E-state index contributed by atoms with van der Waals surface area (Å²) < 4.78 is 0. The molecule has 112 valence electrons. The minimum atomic E-state index is 0.812. The first kappa shape index (κ1) is 15.9. The molecule has 0 aromatic heterocycles. The Hall–Kier alpha value is -0.470. The standard InChI is InChI=1S/C18H29NS/c1-16(2)11-15-20-18-9-7-17(8-10-18)6-5-14-19-12-3-4-13-19/h7-10,16H,3-6,11-15H2,1-2H3. The van der Waals surface area contributed by atoms with E-state index in [-0.39, 0.29) is 0 Å². The van der Waals surface area contributed by atoms with Gasteiger partial charge in [-0.3, -0.25) is 0 Å². The summed E-state index contributed by atoms with van der Waals surface area (Å²) >= 11 is 1.99. The molecule has 2 rings (SSSR count). The van der Waals surface area contributed by atoms with E-state index < -0.39 is 0 Å². The van der Waals surface area contributed by atoms with Crippen molar-refractivity contribution >= 4 is 11.8 Å². The second kappa shape index (κ2) is 8.74. The van der Waals surface area contributed by atoms with Crippen LogP contribution in [0.15, 0.2) is 29.2 Å². The highest BCUT2D eigenvalue weighted by molar-refractivity contribution is 7.99. The van der Waals surface area contributed by atoms with Crippen LogP contribution in [0.25, 0.3) is 0 Å². The molecule has 1 aromatic rings. The minimum Gasteiger partial charge on any atom is -0.303 e. The summed E-state index contributed by atoms with van der Waals surface area (Å²) in [5.41, 5.74) is 1.50. The molecule has 1 nitrogen and oxygen atoms in total. The van der Waals surface area contributed by atoms with Crippen LogP contribution in [-0.4, -0.2) is 30.3 Å². The Morgan fingerprint density at radius 3 is 2.45 bits per heavy atom. The van der Waals surface area contributed by atoms with Gasteiger partial charge in [-0.15, -0.1) is 11.8 Å². The Morgan fingerprint density at radius 2 is 1.80 bits per heavy atom. The summed E-state index contributed by atoms with van der Waals surface area (Å²) in [4.78, 5) is 4.03. The second-order valence-corrected chi connectivity index (χ2v) is 7.50. The maximum Gasteiger partial charge on any atom is 0.00721 e. The molecule has 2 heteroatoms. The summed E-state index contributed by atoms with van der Waals surface area (Å²) in [7, 11) is 0. The zero-order valence-corrected chi connectivity index (χ0v) is 13.9. The third kappa shape index (κ3) is 5.88. The molecule has 0 atom stereocenters. The third-order valence-corrected chi connectivity index (χ3v) is 5.07. The Morgan fingerprint density at radius 1 is 1.10 bits per heavy atom. The molecule has 0 saturated carbocycles. The summed E-state index contributed by atoms with van der Waals surface area (Å²) in [6, 6.07) is 9.25. The lowest BCUT2D eigenvalue weighted by atomic mass is 10.1. The van der Waals surface area contributed by atoms with Crippen LogP contribution < -0.4 is 0 Å². The highest BCUT2D eigenvalue weighted by atomic mass is 32.2. The van der Waals surface area contributed by atoms with Gasteiger partial charge in [-0.05, 0) is 81.1 Å². The molecule has 0 unspecified atom stereocenters. The van der Waals surface area contributed by atoms with Gasteiger partial charge in [0.2, 0.25) is 0 Å². The topological polar surface area (TPSA) is 3.24 Å². The second-order valence-electron chi connectivity index (χ2n) is 6.33. The van der Waals surface area contributed by atoms with Crippen molar-refractivity contribution in [2.24, 2.45) is 5.92 Å². The van der Waals surface area contributed by atoms with Gasteiger partial charge in [-0.25, -0.2) is 0 Å². The predicted molar refractivity (Wildman–Crippen MR) is 90.6 cm³/mol. The van der Waals surface area contributed by atoms with Crippen molar-refractivity contribution in [2.75, 3.05) is 25.4 Å². The molecule has 0 spiro atoms. The molecule has 1 fully saturated rings. The molecular weight excluding hydrogens is 262 g/mol. The van der Waals surface area contributed by atoms with Crippen LogP contribution in [0.5, 0.6) is 0 Å². The average molecular weight is 292 g/mol. The fraction of sp³-hybridized carbons (Fsp3) is 0.667. The molecule has 20 heavy (non-hydrogen) atoms. The van der Waals surface area contributed by atoms with E-state index in [9.17, 15) is 0 Å². The first-order valence-electron chi connectivity index (χ1n) is 8.18. The lowest BCUT2D eigenvalue weighted by Gasteiger charge is -2.14. The van der Waals surface area contributed by atoms with E-state index in [1.807, 2.05) is 11.8 Å². The van der Waals surface area contributed by atoms with Crippen LogP contribution in [0.1, 0.15) is 45.1 Å². The summed E-state index contributed by atoms with van der Waals surface area (Å²) in [5, 5.41) is 0. The number of likely N-dealkylation sites (tertiary alicyclic amines) is 1. The predicted octanol–water partition coefficient (Wildman–Crippen LogP) is 4.85. The molecule has 0 radical (unpaired) electrons. The zero-order valence-electron chi connectivity index (χ0n) is 13.1. The van der Waals surface area contributed by atoms with Gasteiger partial charge in [0, 0.05) is 4.90 Å². The molecular formula is C18H29NS. The number of hydrogen-bond donors (Lipinski definition) is 0. The smallest absolute Gasteiger partial charge is 0.00721 e. The SMILES string of the molecule is CC(C)CCSc1ccc(CCCN2CCCC2)cc1. The van der Waals surface area contributed by atoms with Crippen LogP contribution in [0, 0.1) is 5.92 Å². The average Bonchev–Trinajstić information content (AvgIpc) is 2.93. The number of benzene rings is 1. The zero-order chi connectivity index (χ0) is 14.2. The van der Waals surface area contributed by atoms with Gasteiger partial charge >= 0.3 is 0 Å². The fourth-order valence-corrected chi connectivity index (χ4v) is 3.83. The highest BCUT2D eigenvalue weighted by Crippen LogP contribution is 2.21. The lowest BCUT2D eigenvalue weighted by molar-refractivity contribution is 0.334. The molecule has 1 saturated heterocycles. The van der Waals surface area contributed by atoms with Crippen molar-refractivity contribution in [2.45, 2.75) is 50.8 Å². The number of aryl methyl sites for hydroxylation is 1. The van der Waals surface area contributed by atoms with Crippen molar-refractivity contribution in [1.82, 2.24) is 4.90 Å². The van der Waals surface area contributed by atoms with E-state index in [2.05, 4.69) is 43.0 Å². The molecule has 1 aliphatic heterocycles. The summed E-state index contributed by atoms with van der Waals surface area (Å²) in [6.07, 6.45) is 6.65. The molecule has 1 aliphatic rings. The maximum absolute atomic E-state index is 2.61. The first-order valence-corrected chi connectivity index (χ1v) is 9.16. The Kier molecular flexibility index (Phi) is 6.95. The monoisotopic (exact) mass is 291 g/mol. The fourth-order valence-electron chi connectivity index (χ4n) is 2.68. The number of nitrogens with zero attached hydrogens (tertiary/aromatic N) is 1. The summed E-state index contributed by atoms with van der Waals surface area (Å²) in [6.45, 7) is 8.52. The highest BCUT2D eigenvalue weighted by Gasteiger charge is 2.10. The van der Waals surface area contributed by atoms with E-state index in [1.165, 1.54) is 68.0 Å². The van der Waals surface area contributed by atoms with Crippen molar-refractivity contribution in [1.29, 1.82) is 0 Å². The first-order chi connectivity index (χ1) is 9.74. The third-order valence-electron chi connectivity index (χ3n) is 4.03. The van der Waals surface area contributed by atoms with Crippen molar-refractivity contribution in [3.05, 3.63) is 29.8 Å². The molecule has 0 amide bonds. The van der Waals surface area contributed by atoms with Crippen LogP contribution >= 0.6 is 11.8 Å². The number of rotatable bonds is 8. The Bertz CT molecular complexity index is 366. The van der Waals surface area contributed by atoms with Gasteiger partial charge in [0.05, 0.1) is 0 Å². The van der Waals surface area contributed by atoms with E-state index in [0.29, 0.717) is 0 Å². The van der Waals surface area contributed by atoms with E-state index >= 15 is 0 Å². The van der Waals surface area contributed by atoms with Crippen LogP contribution in [0.2, 0.25) is 0 Å². The van der Waals surface area contributed by atoms with Crippen LogP contribution in [0.4, 0.5) is 0 Å². The van der Waals surface area contributed by atoms with E-state index in [0.717, 1.165) is 5.92 Å². The van der Waals surface area contributed by atoms with Gasteiger partial charge in [0.1, 0.15) is 0 Å². The van der Waals surface area contributed by atoms with Crippen LogP contribution in [0.3, 0.4) is 0 Å². The lowest BCUT2D eigenvalue weighted by Crippen LogP contribution is -2.20. The van der Waals surface area contributed by atoms with Crippen molar-refractivity contribution < 1.29 is 0 Å². The Balaban J connectivity index is 1.65.